The highest BCUT2D eigenvalue weighted by atomic mass is 32.2. The molecule has 29 heavy (non-hydrogen) atoms. The molecule has 0 aliphatic carbocycles. The van der Waals surface area contributed by atoms with Gasteiger partial charge in [0.1, 0.15) is 5.75 Å². The van der Waals surface area contributed by atoms with Crippen LogP contribution in [0.1, 0.15) is 25.7 Å². The number of hydrogen-bond donors (Lipinski definition) is 1. The highest BCUT2D eigenvalue weighted by Gasteiger charge is 2.25. The van der Waals surface area contributed by atoms with Crippen molar-refractivity contribution in [2.75, 3.05) is 18.2 Å². The van der Waals surface area contributed by atoms with E-state index in [9.17, 15) is 13.2 Å². The molecule has 0 saturated carbocycles. The maximum absolute atomic E-state index is 11.7. The molecule has 0 amide bonds. The van der Waals surface area contributed by atoms with Crippen LogP contribution in [0.2, 0.25) is 0 Å². The fraction of sp³-hybridized carbons (Fsp3) is 0.471. The number of fused-ring (bicyclic) bond motifs is 1. The smallest absolute Gasteiger partial charge is 0.307 e. The maximum Gasteiger partial charge on any atom is 0.307 e. The summed E-state index contributed by atoms with van der Waals surface area (Å²) in [6, 6.07) is -0.135. The Hall–Kier alpha value is -3.02. The number of sulfone groups is 1. The van der Waals surface area contributed by atoms with Crippen molar-refractivity contribution < 1.29 is 22.4 Å². The van der Waals surface area contributed by atoms with E-state index in [-0.39, 0.29) is 36.0 Å². The van der Waals surface area contributed by atoms with Gasteiger partial charge in [0.05, 0.1) is 35.9 Å². The minimum atomic E-state index is -3.31. The van der Waals surface area contributed by atoms with Gasteiger partial charge in [-0.3, -0.25) is 4.79 Å². The van der Waals surface area contributed by atoms with Gasteiger partial charge in [0.2, 0.25) is 5.89 Å². The molecule has 4 rings (SSSR count). The van der Waals surface area contributed by atoms with Crippen molar-refractivity contribution in [3.05, 3.63) is 18.3 Å². The van der Waals surface area contributed by atoms with Gasteiger partial charge in [0.25, 0.3) is 5.89 Å². The van der Waals surface area contributed by atoms with Gasteiger partial charge in [-0.15, -0.1) is 10.2 Å². The van der Waals surface area contributed by atoms with E-state index in [2.05, 4.69) is 25.6 Å². The highest BCUT2D eigenvalue weighted by Crippen LogP contribution is 2.34. The molecule has 154 valence electrons. The molecule has 1 atom stereocenters. The van der Waals surface area contributed by atoms with E-state index in [0.29, 0.717) is 36.5 Å². The number of nitrogens with one attached hydrogen (secondary N) is 1. The molecule has 1 saturated heterocycles. The monoisotopic (exact) mass is 420 g/mol. The molecule has 0 radical (unpaired) electrons. The van der Waals surface area contributed by atoms with Gasteiger partial charge in [0.15, 0.2) is 15.5 Å². The average molecular weight is 420 g/mol. The molecule has 0 spiro atoms. The lowest BCUT2D eigenvalue weighted by atomic mass is 10.1. The first-order chi connectivity index (χ1) is 13.8. The minimum absolute atomic E-state index is 0.000885. The second-order valence-corrected chi connectivity index (χ2v) is 9.01. The molecule has 0 aromatic carbocycles. The largest absolute Gasteiger partial charge is 0.466 e. The first kappa shape index (κ1) is 19.3. The Balaban J connectivity index is 1.77. The molecule has 3 aromatic rings. The first-order valence-electron chi connectivity index (χ1n) is 9.11. The quantitative estimate of drug-likeness (QED) is 0.577. The molecule has 11 nitrogen and oxygen atoms in total. The average Bonchev–Trinajstić information content (AvgIpc) is 3.27. The van der Waals surface area contributed by atoms with E-state index < -0.39 is 9.84 Å². The Morgan fingerprint density at radius 1 is 1.31 bits per heavy atom. The van der Waals surface area contributed by atoms with Gasteiger partial charge in [0, 0.05) is 31.5 Å². The highest BCUT2D eigenvalue weighted by molar-refractivity contribution is 7.89. The lowest BCUT2D eigenvalue weighted by Crippen LogP contribution is -2.31. The number of esters is 1. The van der Waals surface area contributed by atoms with Crippen molar-refractivity contribution in [2.45, 2.75) is 38.1 Å². The number of aromatic nitrogens is 5. The third-order valence-corrected chi connectivity index (χ3v) is 5.31. The van der Waals surface area contributed by atoms with Gasteiger partial charge in [-0.2, -0.15) is 5.10 Å². The number of anilines is 1. The summed E-state index contributed by atoms with van der Waals surface area (Å²) in [5.41, 5.74) is 1.84. The van der Waals surface area contributed by atoms with Crippen LogP contribution in [0.25, 0.3) is 22.5 Å². The van der Waals surface area contributed by atoms with E-state index in [1.54, 1.807) is 17.1 Å². The first-order valence-corrected chi connectivity index (χ1v) is 11.2. The topological polar surface area (TPSA) is 142 Å². The lowest BCUT2D eigenvalue weighted by Gasteiger charge is -2.24. The number of cyclic esters (lactones) is 1. The van der Waals surface area contributed by atoms with Gasteiger partial charge >= 0.3 is 5.97 Å². The number of aryl methyl sites for hydroxylation is 1. The molecule has 1 aliphatic heterocycles. The SMILES string of the molecule is CCn1ncc2c(NC3CCOC(=O)C3)c(-c3nnc(CS(C)(=O)=O)o3)cnc21. The summed E-state index contributed by atoms with van der Waals surface area (Å²) >= 11 is 0. The van der Waals surface area contributed by atoms with Gasteiger partial charge < -0.3 is 14.5 Å². The van der Waals surface area contributed by atoms with Crippen molar-refractivity contribution in [3.63, 3.8) is 0 Å². The Labute approximate surface area is 166 Å². The van der Waals surface area contributed by atoms with Crippen LogP contribution in [-0.4, -0.2) is 58.3 Å². The number of carbonyl (C=O) groups excluding carboxylic acids is 1. The third kappa shape index (κ3) is 4.06. The Kier molecular flexibility index (Phi) is 4.94. The molecule has 0 bridgehead atoms. The summed E-state index contributed by atoms with van der Waals surface area (Å²) in [7, 11) is -3.31. The Morgan fingerprint density at radius 2 is 2.14 bits per heavy atom. The Morgan fingerprint density at radius 3 is 2.86 bits per heavy atom. The van der Waals surface area contributed by atoms with Gasteiger partial charge in [-0.1, -0.05) is 0 Å². The molecule has 1 unspecified atom stereocenters. The number of pyridine rings is 1. The van der Waals surface area contributed by atoms with E-state index in [1.165, 1.54) is 0 Å². The zero-order valence-electron chi connectivity index (χ0n) is 16.0. The van der Waals surface area contributed by atoms with E-state index in [1.807, 2.05) is 6.92 Å². The summed E-state index contributed by atoms with van der Waals surface area (Å²) in [6.45, 7) is 2.94. The summed E-state index contributed by atoms with van der Waals surface area (Å²) in [6.07, 6.45) is 5.25. The zero-order valence-corrected chi connectivity index (χ0v) is 16.8. The van der Waals surface area contributed by atoms with Crippen LogP contribution in [0.15, 0.2) is 16.8 Å². The van der Waals surface area contributed by atoms with Crippen LogP contribution in [0, 0.1) is 0 Å². The zero-order chi connectivity index (χ0) is 20.6. The molecule has 12 heteroatoms. The van der Waals surface area contributed by atoms with Crippen LogP contribution < -0.4 is 5.32 Å². The fourth-order valence-electron chi connectivity index (χ4n) is 3.23. The third-order valence-electron chi connectivity index (χ3n) is 4.54. The predicted octanol–water partition coefficient (Wildman–Crippen LogP) is 1.16. The second kappa shape index (κ2) is 7.43. The molecule has 1 fully saturated rings. The lowest BCUT2D eigenvalue weighted by molar-refractivity contribution is -0.147. The predicted molar refractivity (Wildman–Crippen MR) is 103 cm³/mol. The van der Waals surface area contributed by atoms with Crippen molar-refractivity contribution >= 4 is 32.5 Å². The molecule has 1 aliphatic rings. The van der Waals surface area contributed by atoms with Crippen molar-refractivity contribution in [2.24, 2.45) is 0 Å². The van der Waals surface area contributed by atoms with Crippen molar-refractivity contribution in [1.29, 1.82) is 0 Å². The Bertz CT molecular complexity index is 1170. The van der Waals surface area contributed by atoms with Crippen LogP contribution in [0.5, 0.6) is 0 Å². The summed E-state index contributed by atoms with van der Waals surface area (Å²) in [5, 5.41) is 16.3. The molecular weight excluding hydrogens is 400 g/mol. The standard InChI is InChI=1S/C17H20N6O5S/c1-3-23-16-11(8-19-23)15(20-10-4-5-27-14(24)6-10)12(7-18-16)17-22-21-13(28-17)9-29(2,25)26/h7-8,10H,3-6,9H2,1-2H3,(H,18,20). The number of carbonyl (C=O) groups is 1. The number of nitrogens with zero attached hydrogens (tertiary/aromatic N) is 5. The van der Waals surface area contributed by atoms with Crippen LogP contribution in [0.3, 0.4) is 0 Å². The van der Waals surface area contributed by atoms with Crippen LogP contribution >= 0.6 is 0 Å². The number of rotatable bonds is 6. The minimum Gasteiger partial charge on any atom is -0.466 e. The number of hydrogen-bond acceptors (Lipinski definition) is 10. The van der Waals surface area contributed by atoms with Crippen molar-refractivity contribution in [3.8, 4) is 11.5 Å². The van der Waals surface area contributed by atoms with E-state index in [0.717, 1.165) is 11.6 Å². The molecular formula is C17H20N6O5S. The molecule has 3 aromatic heterocycles. The van der Waals surface area contributed by atoms with Crippen LogP contribution in [0.4, 0.5) is 5.69 Å². The number of ether oxygens (including phenoxy) is 1. The fourth-order valence-corrected chi connectivity index (χ4v) is 3.79. The van der Waals surface area contributed by atoms with E-state index in [4.69, 9.17) is 9.15 Å². The van der Waals surface area contributed by atoms with Crippen LogP contribution in [-0.2, 0) is 31.7 Å². The van der Waals surface area contributed by atoms with E-state index >= 15 is 0 Å². The van der Waals surface area contributed by atoms with Gasteiger partial charge in [-0.25, -0.2) is 18.1 Å². The molecule has 1 N–H and O–H groups in total. The maximum atomic E-state index is 11.7. The molecule has 4 heterocycles. The van der Waals surface area contributed by atoms with Crippen molar-refractivity contribution in [1.82, 2.24) is 25.0 Å². The van der Waals surface area contributed by atoms with Gasteiger partial charge in [-0.05, 0) is 6.92 Å². The summed E-state index contributed by atoms with van der Waals surface area (Å²) in [5.74, 6) is -0.471. The normalized spacial score (nSPS) is 17.4. The summed E-state index contributed by atoms with van der Waals surface area (Å²) in [4.78, 5) is 16.1. The summed E-state index contributed by atoms with van der Waals surface area (Å²) < 4.78 is 35.4. The second-order valence-electron chi connectivity index (χ2n) is 6.87.